The molecule has 4 nitrogen and oxygen atoms in total. The number of methoxy groups -OCH3 is 1. The third kappa shape index (κ3) is 5.55. The first kappa shape index (κ1) is 15.9. The summed E-state index contributed by atoms with van der Waals surface area (Å²) in [6, 6.07) is 4.13. The third-order valence-corrected chi connectivity index (χ3v) is 2.88. The first-order valence-corrected chi connectivity index (χ1v) is 6.36. The number of amides is 1. The number of rotatable bonds is 7. The molecule has 0 aromatic heterocycles. The summed E-state index contributed by atoms with van der Waals surface area (Å²) < 4.78 is 17.8. The molecule has 0 aliphatic heterocycles. The molecule has 0 spiro atoms. The van der Waals surface area contributed by atoms with Crippen molar-refractivity contribution in [2.45, 2.75) is 19.5 Å². The van der Waals surface area contributed by atoms with Crippen molar-refractivity contribution in [3.8, 4) is 0 Å². The van der Waals surface area contributed by atoms with Gasteiger partial charge in [-0.1, -0.05) is 17.7 Å². The Kier molecular flexibility index (Phi) is 6.77. The van der Waals surface area contributed by atoms with Gasteiger partial charge < -0.3 is 15.4 Å². The van der Waals surface area contributed by atoms with Crippen LogP contribution in [0.2, 0.25) is 5.02 Å². The van der Waals surface area contributed by atoms with E-state index in [4.69, 9.17) is 16.3 Å². The largest absolute Gasteiger partial charge is 0.383 e. The summed E-state index contributed by atoms with van der Waals surface area (Å²) in [5.74, 6) is -0.555. The number of hydrogen-bond donors (Lipinski definition) is 2. The Morgan fingerprint density at radius 2 is 2.26 bits per heavy atom. The Balaban J connectivity index is 2.38. The molecule has 6 heteroatoms. The van der Waals surface area contributed by atoms with E-state index in [0.29, 0.717) is 19.7 Å². The number of carbonyl (C=O) groups is 1. The minimum absolute atomic E-state index is 0.0801. The molecule has 0 fully saturated rings. The van der Waals surface area contributed by atoms with Crippen molar-refractivity contribution in [2.24, 2.45) is 0 Å². The fraction of sp³-hybridized carbons (Fsp3) is 0.462. The van der Waals surface area contributed by atoms with Gasteiger partial charge in [-0.25, -0.2) is 4.39 Å². The second-order valence-electron chi connectivity index (χ2n) is 4.13. The monoisotopic (exact) mass is 288 g/mol. The van der Waals surface area contributed by atoms with Gasteiger partial charge in [0.15, 0.2) is 0 Å². The van der Waals surface area contributed by atoms with Crippen LogP contribution in [0.4, 0.5) is 4.39 Å². The molecule has 1 unspecified atom stereocenters. The Hall–Kier alpha value is -1.17. The van der Waals surface area contributed by atoms with Gasteiger partial charge in [0.1, 0.15) is 5.82 Å². The van der Waals surface area contributed by atoms with Crippen molar-refractivity contribution in [1.29, 1.82) is 0 Å². The summed E-state index contributed by atoms with van der Waals surface area (Å²) in [6.07, 6.45) is 0. The summed E-state index contributed by atoms with van der Waals surface area (Å²) in [4.78, 5) is 11.6. The lowest BCUT2D eigenvalue weighted by Gasteiger charge is -2.14. The molecule has 1 aromatic rings. The quantitative estimate of drug-likeness (QED) is 0.751. The van der Waals surface area contributed by atoms with Crippen LogP contribution in [0.25, 0.3) is 0 Å². The van der Waals surface area contributed by atoms with E-state index in [1.165, 1.54) is 6.07 Å². The highest BCUT2D eigenvalue weighted by atomic mass is 35.5. The van der Waals surface area contributed by atoms with Crippen LogP contribution in [-0.4, -0.2) is 32.2 Å². The number of hydrogen-bond acceptors (Lipinski definition) is 3. The van der Waals surface area contributed by atoms with E-state index < -0.39 is 5.82 Å². The van der Waals surface area contributed by atoms with Crippen LogP contribution in [0.15, 0.2) is 18.2 Å². The van der Waals surface area contributed by atoms with Crippen molar-refractivity contribution in [3.05, 3.63) is 34.6 Å². The predicted molar refractivity (Wildman–Crippen MR) is 72.6 cm³/mol. The SMILES string of the molecule is COCCNC(=O)C(C)NCc1ccc(F)c(Cl)c1. The number of ether oxygens (including phenoxy) is 1. The number of benzene rings is 1. The Morgan fingerprint density at radius 3 is 2.89 bits per heavy atom. The van der Waals surface area contributed by atoms with Crippen LogP contribution in [0.5, 0.6) is 0 Å². The molecule has 1 aromatic carbocycles. The normalized spacial score (nSPS) is 12.2. The number of halogens is 2. The molecule has 2 N–H and O–H groups in total. The van der Waals surface area contributed by atoms with E-state index >= 15 is 0 Å². The summed E-state index contributed by atoms with van der Waals surface area (Å²) >= 11 is 5.68. The van der Waals surface area contributed by atoms with E-state index in [1.807, 2.05) is 0 Å². The first-order chi connectivity index (χ1) is 9.04. The van der Waals surface area contributed by atoms with Crippen LogP contribution in [0, 0.1) is 5.82 Å². The highest BCUT2D eigenvalue weighted by Crippen LogP contribution is 2.15. The summed E-state index contributed by atoms with van der Waals surface area (Å²) in [6.45, 7) is 3.15. The molecule has 0 saturated carbocycles. The fourth-order valence-corrected chi connectivity index (χ4v) is 1.65. The van der Waals surface area contributed by atoms with E-state index in [-0.39, 0.29) is 17.0 Å². The first-order valence-electron chi connectivity index (χ1n) is 5.98. The van der Waals surface area contributed by atoms with Gasteiger partial charge in [0.2, 0.25) is 5.91 Å². The van der Waals surface area contributed by atoms with Crippen LogP contribution in [0.3, 0.4) is 0 Å². The average Bonchev–Trinajstić information content (AvgIpc) is 2.40. The van der Waals surface area contributed by atoms with Gasteiger partial charge in [0, 0.05) is 20.2 Å². The van der Waals surface area contributed by atoms with Crippen molar-refractivity contribution in [3.63, 3.8) is 0 Å². The molecule has 0 aliphatic rings. The second-order valence-corrected chi connectivity index (χ2v) is 4.54. The fourth-order valence-electron chi connectivity index (χ4n) is 1.44. The minimum Gasteiger partial charge on any atom is -0.383 e. The zero-order chi connectivity index (χ0) is 14.3. The zero-order valence-corrected chi connectivity index (χ0v) is 11.8. The number of nitrogens with one attached hydrogen (secondary N) is 2. The maximum Gasteiger partial charge on any atom is 0.236 e. The minimum atomic E-state index is -0.448. The smallest absolute Gasteiger partial charge is 0.236 e. The average molecular weight is 289 g/mol. The van der Waals surface area contributed by atoms with Crippen molar-refractivity contribution < 1.29 is 13.9 Å². The number of carbonyl (C=O) groups excluding carboxylic acids is 1. The Bertz CT molecular complexity index is 429. The molecule has 0 aliphatic carbocycles. The topological polar surface area (TPSA) is 50.4 Å². The Labute approximate surface area is 117 Å². The van der Waals surface area contributed by atoms with Gasteiger partial charge >= 0.3 is 0 Å². The standard InChI is InChI=1S/C13H18ClFN2O2/c1-9(13(18)16-5-6-19-2)17-8-10-3-4-12(15)11(14)7-10/h3-4,7,9,17H,5-6,8H2,1-2H3,(H,16,18). The summed E-state index contributed by atoms with van der Waals surface area (Å²) in [5.41, 5.74) is 0.822. The van der Waals surface area contributed by atoms with Crippen molar-refractivity contribution in [1.82, 2.24) is 10.6 Å². The van der Waals surface area contributed by atoms with Gasteiger partial charge in [-0.2, -0.15) is 0 Å². The van der Waals surface area contributed by atoms with Crippen molar-refractivity contribution in [2.75, 3.05) is 20.3 Å². The molecule has 1 amide bonds. The molecule has 106 valence electrons. The van der Waals surface area contributed by atoms with Gasteiger partial charge in [-0.15, -0.1) is 0 Å². The predicted octanol–water partition coefficient (Wildman–Crippen LogP) is 1.72. The molecule has 1 rings (SSSR count). The van der Waals surface area contributed by atoms with Gasteiger partial charge in [-0.05, 0) is 24.6 Å². The van der Waals surface area contributed by atoms with E-state index in [2.05, 4.69) is 10.6 Å². The second kappa shape index (κ2) is 8.09. The third-order valence-electron chi connectivity index (χ3n) is 2.60. The lowest BCUT2D eigenvalue weighted by atomic mass is 10.2. The molecule has 0 saturated heterocycles. The lowest BCUT2D eigenvalue weighted by molar-refractivity contribution is -0.122. The molecule has 1 atom stereocenters. The molecule has 19 heavy (non-hydrogen) atoms. The van der Waals surface area contributed by atoms with E-state index in [9.17, 15) is 9.18 Å². The molecular formula is C13H18ClFN2O2. The van der Waals surface area contributed by atoms with Crippen LogP contribution in [0.1, 0.15) is 12.5 Å². The maximum atomic E-state index is 13.0. The maximum absolute atomic E-state index is 13.0. The van der Waals surface area contributed by atoms with Crippen LogP contribution < -0.4 is 10.6 Å². The highest BCUT2D eigenvalue weighted by Gasteiger charge is 2.11. The van der Waals surface area contributed by atoms with Crippen LogP contribution >= 0.6 is 11.6 Å². The van der Waals surface area contributed by atoms with E-state index in [1.54, 1.807) is 26.2 Å². The van der Waals surface area contributed by atoms with E-state index in [0.717, 1.165) is 5.56 Å². The Morgan fingerprint density at radius 1 is 1.53 bits per heavy atom. The zero-order valence-electron chi connectivity index (χ0n) is 11.0. The molecule has 0 radical (unpaired) electrons. The molecule has 0 heterocycles. The highest BCUT2D eigenvalue weighted by molar-refractivity contribution is 6.30. The summed E-state index contributed by atoms with van der Waals surface area (Å²) in [7, 11) is 1.58. The van der Waals surface area contributed by atoms with Gasteiger partial charge in [0.05, 0.1) is 17.7 Å². The van der Waals surface area contributed by atoms with Crippen molar-refractivity contribution >= 4 is 17.5 Å². The summed E-state index contributed by atoms with van der Waals surface area (Å²) in [5, 5.41) is 5.85. The molecular weight excluding hydrogens is 271 g/mol. The van der Waals surface area contributed by atoms with Gasteiger partial charge in [0.25, 0.3) is 0 Å². The lowest BCUT2D eigenvalue weighted by Crippen LogP contribution is -2.42. The molecule has 0 bridgehead atoms. The van der Waals surface area contributed by atoms with Gasteiger partial charge in [-0.3, -0.25) is 4.79 Å². The van der Waals surface area contributed by atoms with Crippen LogP contribution in [-0.2, 0) is 16.1 Å².